The Balaban J connectivity index is 2.22. The molecule has 0 saturated heterocycles. The number of ether oxygens (including phenoxy) is 1. The van der Waals surface area contributed by atoms with Gasteiger partial charge in [-0.3, -0.25) is 0 Å². The van der Waals surface area contributed by atoms with Crippen molar-refractivity contribution in [1.82, 2.24) is 0 Å². The van der Waals surface area contributed by atoms with Crippen LogP contribution in [0.1, 0.15) is 0 Å². The van der Waals surface area contributed by atoms with Gasteiger partial charge in [0.25, 0.3) is 0 Å². The fourth-order valence-corrected chi connectivity index (χ4v) is 1.30. The molecule has 0 aromatic heterocycles. The average molecular weight is 221 g/mol. The van der Waals surface area contributed by atoms with Crippen molar-refractivity contribution in [2.45, 2.75) is 0 Å². The van der Waals surface area contributed by atoms with Gasteiger partial charge >= 0.3 is 0 Å². The minimum Gasteiger partial charge on any atom is -0.504 e. The lowest BCUT2D eigenvalue weighted by molar-refractivity contribution is 0.411. The van der Waals surface area contributed by atoms with E-state index in [9.17, 15) is 5.11 Å². The summed E-state index contributed by atoms with van der Waals surface area (Å²) >= 11 is 5.74. The summed E-state index contributed by atoms with van der Waals surface area (Å²) in [5.74, 6) is 1.19. The molecule has 1 N–H and O–H groups in total. The number of benzene rings is 2. The van der Waals surface area contributed by atoms with Crippen LogP contribution < -0.4 is 4.74 Å². The second-order valence-electron chi connectivity index (χ2n) is 3.02. The summed E-state index contributed by atoms with van der Waals surface area (Å²) < 4.78 is 5.46. The van der Waals surface area contributed by atoms with Gasteiger partial charge in [-0.25, -0.2) is 0 Å². The third-order valence-electron chi connectivity index (χ3n) is 1.91. The number of hydrogen-bond acceptors (Lipinski definition) is 2. The molecule has 0 spiro atoms. The van der Waals surface area contributed by atoms with E-state index in [1.165, 1.54) is 0 Å². The Kier molecular flexibility index (Phi) is 2.79. The van der Waals surface area contributed by atoms with Gasteiger partial charge in [0.15, 0.2) is 11.5 Å². The van der Waals surface area contributed by atoms with E-state index in [1.54, 1.807) is 48.5 Å². The molecule has 15 heavy (non-hydrogen) atoms. The van der Waals surface area contributed by atoms with E-state index >= 15 is 0 Å². The van der Waals surface area contributed by atoms with Gasteiger partial charge in [-0.1, -0.05) is 23.7 Å². The molecular weight excluding hydrogens is 212 g/mol. The van der Waals surface area contributed by atoms with E-state index in [2.05, 4.69) is 0 Å². The molecule has 2 aromatic rings. The molecule has 0 bridgehead atoms. The van der Waals surface area contributed by atoms with Crippen molar-refractivity contribution in [3.05, 3.63) is 53.6 Å². The van der Waals surface area contributed by atoms with Crippen LogP contribution in [-0.4, -0.2) is 5.11 Å². The van der Waals surface area contributed by atoms with Crippen molar-refractivity contribution >= 4 is 11.6 Å². The first-order valence-electron chi connectivity index (χ1n) is 4.47. The standard InChI is InChI=1S/C12H9ClO2/c13-9-5-7-10(8-6-9)15-12-4-2-1-3-11(12)14/h1-8,14H. The number of aromatic hydroxyl groups is 1. The molecule has 0 aliphatic rings. The monoisotopic (exact) mass is 220 g/mol. The Hall–Kier alpha value is -1.67. The average Bonchev–Trinajstić information content (AvgIpc) is 2.25. The molecule has 0 radical (unpaired) electrons. The number of hydrogen-bond donors (Lipinski definition) is 1. The maximum absolute atomic E-state index is 9.48. The first-order chi connectivity index (χ1) is 7.25. The molecule has 0 unspecified atom stereocenters. The van der Waals surface area contributed by atoms with Crippen LogP contribution >= 0.6 is 11.6 Å². The van der Waals surface area contributed by atoms with Crippen LogP contribution in [0.3, 0.4) is 0 Å². The zero-order valence-electron chi connectivity index (χ0n) is 7.85. The van der Waals surface area contributed by atoms with E-state index < -0.39 is 0 Å². The van der Waals surface area contributed by atoms with E-state index in [1.807, 2.05) is 0 Å². The SMILES string of the molecule is Oc1ccccc1Oc1ccc(Cl)cc1. The molecule has 0 saturated carbocycles. The molecule has 3 heteroatoms. The highest BCUT2D eigenvalue weighted by atomic mass is 35.5. The first-order valence-corrected chi connectivity index (χ1v) is 4.85. The van der Waals surface area contributed by atoms with Crippen molar-refractivity contribution in [2.75, 3.05) is 0 Å². The quantitative estimate of drug-likeness (QED) is 0.833. The van der Waals surface area contributed by atoms with Crippen molar-refractivity contribution in [1.29, 1.82) is 0 Å². The number of halogens is 1. The Labute approximate surface area is 92.7 Å². The zero-order valence-corrected chi connectivity index (χ0v) is 8.61. The van der Waals surface area contributed by atoms with Gasteiger partial charge in [0, 0.05) is 5.02 Å². The van der Waals surface area contributed by atoms with Crippen LogP contribution in [0.2, 0.25) is 5.02 Å². The molecule has 0 fully saturated rings. The molecule has 2 rings (SSSR count). The van der Waals surface area contributed by atoms with Crippen molar-refractivity contribution in [3.8, 4) is 17.2 Å². The van der Waals surface area contributed by atoms with E-state index in [0.717, 1.165) is 0 Å². The summed E-state index contributed by atoms with van der Waals surface area (Å²) in [6.45, 7) is 0. The Morgan fingerprint density at radius 2 is 1.60 bits per heavy atom. The summed E-state index contributed by atoms with van der Waals surface area (Å²) in [6, 6.07) is 13.8. The predicted octanol–water partition coefficient (Wildman–Crippen LogP) is 3.84. The topological polar surface area (TPSA) is 29.5 Å². The molecule has 2 nitrogen and oxygen atoms in total. The second kappa shape index (κ2) is 4.24. The van der Waals surface area contributed by atoms with Gasteiger partial charge in [0.1, 0.15) is 5.75 Å². The Morgan fingerprint density at radius 1 is 0.933 bits per heavy atom. The molecule has 0 amide bonds. The second-order valence-corrected chi connectivity index (χ2v) is 3.46. The van der Waals surface area contributed by atoms with Crippen LogP contribution in [-0.2, 0) is 0 Å². The summed E-state index contributed by atoms with van der Waals surface area (Å²) in [5, 5.41) is 10.1. The number of para-hydroxylation sites is 2. The first kappa shape index (κ1) is 9.87. The van der Waals surface area contributed by atoms with Crippen molar-refractivity contribution < 1.29 is 9.84 Å². The van der Waals surface area contributed by atoms with Crippen molar-refractivity contribution in [3.63, 3.8) is 0 Å². The van der Waals surface area contributed by atoms with E-state index in [0.29, 0.717) is 16.5 Å². The third-order valence-corrected chi connectivity index (χ3v) is 2.16. The lowest BCUT2D eigenvalue weighted by atomic mass is 10.3. The fraction of sp³-hybridized carbons (Fsp3) is 0. The van der Waals surface area contributed by atoms with Gasteiger partial charge in [0.05, 0.1) is 0 Å². The number of phenolic OH excluding ortho intramolecular Hbond substituents is 1. The minimum absolute atomic E-state index is 0.118. The van der Waals surface area contributed by atoms with Crippen LogP contribution in [0.4, 0.5) is 0 Å². The van der Waals surface area contributed by atoms with Crippen LogP contribution in [0.5, 0.6) is 17.2 Å². The van der Waals surface area contributed by atoms with Crippen LogP contribution in [0.15, 0.2) is 48.5 Å². The highest BCUT2D eigenvalue weighted by Gasteiger charge is 2.01. The minimum atomic E-state index is 0.118. The molecule has 0 aliphatic carbocycles. The van der Waals surface area contributed by atoms with E-state index in [4.69, 9.17) is 16.3 Å². The van der Waals surface area contributed by atoms with E-state index in [-0.39, 0.29) is 5.75 Å². The van der Waals surface area contributed by atoms with Gasteiger partial charge in [-0.2, -0.15) is 0 Å². The highest BCUT2D eigenvalue weighted by molar-refractivity contribution is 6.30. The molecule has 0 atom stereocenters. The maximum atomic E-state index is 9.48. The number of phenols is 1. The van der Waals surface area contributed by atoms with Gasteiger partial charge in [-0.15, -0.1) is 0 Å². The predicted molar refractivity (Wildman–Crippen MR) is 59.6 cm³/mol. The lowest BCUT2D eigenvalue weighted by Gasteiger charge is -2.06. The summed E-state index contributed by atoms with van der Waals surface area (Å²) in [4.78, 5) is 0. The molecular formula is C12H9ClO2. The molecule has 2 aromatic carbocycles. The van der Waals surface area contributed by atoms with Gasteiger partial charge in [0.2, 0.25) is 0 Å². The summed E-state index contributed by atoms with van der Waals surface area (Å²) in [5.41, 5.74) is 0. The van der Waals surface area contributed by atoms with Gasteiger partial charge < -0.3 is 9.84 Å². The highest BCUT2D eigenvalue weighted by Crippen LogP contribution is 2.30. The van der Waals surface area contributed by atoms with Crippen LogP contribution in [0, 0.1) is 0 Å². The molecule has 0 aliphatic heterocycles. The largest absolute Gasteiger partial charge is 0.504 e. The Bertz CT molecular complexity index is 451. The summed E-state index contributed by atoms with van der Waals surface area (Å²) in [6.07, 6.45) is 0. The van der Waals surface area contributed by atoms with Crippen molar-refractivity contribution in [2.24, 2.45) is 0 Å². The van der Waals surface area contributed by atoms with Crippen LogP contribution in [0.25, 0.3) is 0 Å². The Morgan fingerprint density at radius 3 is 2.27 bits per heavy atom. The maximum Gasteiger partial charge on any atom is 0.169 e. The zero-order chi connectivity index (χ0) is 10.7. The number of rotatable bonds is 2. The molecule has 0 heterocycles. The third kappa shape index (κ3) is 2.42. The lowest BCUT2D eigenvalue weighted by Crippen LogP contribution is -1.83. The molecule has 76 valence electrons. The van der Waals surface area contributed by atoms with Gasteiger partial charge in [-0.05, 0) is 36.4 Å². The smallest absolute Gasteiger partial charge is 0.169 e. The summed E-state index contributed by atoms with van der Waals surface area (Å²) in [7, 11) is 0. The fourth-order valence-electron chi connectivity index (χ4n) is 1.17. The normalized spacial score (nSPS) is 9.93.